The number of aromatic amines is 1. The summed E-state index contributed by atoms with van der Waals surface area (Å²) in [6.07, 6.45) is 1.53. The second-order valence-corrected chi connectivity index (χ2v) is 8.50. The Morgan fingerprint density at radius 1 is 1.24 bits per heavy atom. The van der Waals surface area contributed by atoms with Crippen LogP contribution in [0, 0.1) is 11.9 Å². The highest BCUT2D eigenvalue weighted by Gasteiger charge is 2.13. The molecule has 0 unspecified atom stereocenters. The van der Waals surface area contributed by atoms with Crippen molar-refractivity contribution in [2.75, 3.05) is 0 Å². The lowest BCUT2D eigenvalue weighted by atomic mass is 10.2. The number of aromatic hydroxyl groups is 1. The predicted molar refractivity (Wildman–Crippen MR) is 119 cm³/mol. The Hall–Kier alpha value is -0.690. The number of hydrogen-bond acceptors (Lipinski definition) is 4. The maximum atomic E-state index is 10.2. The molecule has 0 fully saturated rings. The van der Waals surface area contributed by atoms with Gasteiger partial charge in [0.05, 0.1) is 14.8 Å². The molecule has 0 spiro atoms. The Morgan fingerprint density at radius 3 is 2.72 bits per heavy atom. The summed E-state index contributed by atoms with van der Waals surface area (Å²) in [5.74, 6) is 0.605. The van der Waals surface area contributed by atoms with Gasteiger partial charge in [-0.3, -0.25) is 0 Å². The number of halogens is 4. The number of H-pyrrole nitrogens is 1. The largest absolute Gasteiger partial charge is 0.506 e. The van der Waals surface area contributed by atoms with Crippen molar-refractivity contribution >= 4 is 86.8 Å². The van der Waals surface area contributed by atoms with Crippen LogP contribution in [0.2, 0.25) is 10.0 Å². The first-order valence-electron chi connectivity index (χ1n) is 6.72. The minimum Gasteiger partial charge on any atom is -0.506 e. The molecule has 2 aromatic carbocycles. The van der Waals surface area contributed by atoms with Crippen molar-refractivity contribution in [3.8, 4) is 17.1 Å². The second-order valence-electron chi connectivity index (χ2n) is 4.86. The molecule has 1 aromatic heterocycles. The van der Waals surface area contributed by atoms with E-state index in [1.54, 1.807) is 18.2 Å². The smallest absolute Gasteiger partial charge is 0.216 e. The molecule has 0 bridgehead atoms. The summed E-state index contributed by atoms with van der Waals surface area (Å²) < 4.78 is 3.47. The number of rotatable bonds is 3. The van der Waals surface area contributed by atoms with Crippen LogP contribution < -0.4 is 0 Å². The fourth-order valence-electron chi connectivity index (χ4n) is 2.05. The molecule has 0 saturated heterocycles. The van der Waals surface area contributed by atoms with Crippen LogP contribution >= 0.6 is 80.6 Å². The van der Waals surface area contributed by atoms with Gasteiger partial charge in [-0.15, -0.1) is 0 Å². The minimum atomic E-state index is 0.158. The van der Waals surface area contributed by atoms with Gasteiger partial charge >= 0.3 is 0 Å². The monoisotopic (exact) mass is 616 g/mol. The summed E-state index contributed by atoms with van der Waals surface area (Å²) in [5, 5.41) is 22.4. The summed E-state index contributed by atoms with van der Waals surface area (Å²) in [6.45, 7) is 0. The van der Waals surface area contributed by atoms with Gasteiger partial charge in [-0.25, -0.2) is 5.10 Å². The van der Waals surface area contributed by atoms with Crippen molar-refractivity contribution in [3.05, 3.63) is 57.9 Å². The van der Waals surface area contributed by atoms with E-state index in [0.717, 1.165) is 7.14 Å². The van der Waals surface area contributed by atoms with E-state index in [-0.39, 0.29) is 5.75 Å². The van der Waals surface area contributed by atoms with Crippen LogP contribution in [0.25, 0.3) is 11.4 Å². The number of phenols is 1. The van der Waals surface area contributed by atoms with Crippen LogP contribution in [-0.4, -0.2) is 26.2 Å². The van der Waals surface area contributed by atoms with E-state index >= 15 is 0 Å². The van der Waals surface area contributed by atoms with Gasteiger partial charge in [-0.2, -0.15) is 14.9 Å². The van der Waals surface area contributed by atoms with E-state index in [1.165, 1.54) is 10.9 Å². The molecule has 0 amide bonds. The van der Waals surface area contributed by atoms with Gasteiger partial charge in [-0.05, 0) is 87.7 Å². The van der Waals surface area contributed by atoms with E-state index in [4.69, 9.17) is 35.4 Å². The van der Waals surface area contributed by atoms with Gasteiger partial charge in [-0.1, -0.05) is 23.2 Å². The van der Waals surface area contributed by atoms with Gasteiger partial charge in [0.25, 0.3) is 0 Å². The quantitative estimate of drug-likeness (QED) is 0.225. The topological polar surface area (TPSA) is 66.2 Å². The van der Waals surface area contributed by atoms with Crippen molar-refractivity contribution in [3.63, 3.8) is 0 Å². The van der Waals surface area contributed by atoms with Crippen LogP contribution in [0.15, 0.2) is 35.4 Å². The minimum absolute atomic E-state index is 0.158. The lowest BCUT2D eigenvalue weighted by Gasteiger charge is -2.05. The van der Waals surface area contributed by atoms with Gasteiger partial charge in [0.15, 0.2) is 5.82 Å². The summed E-state index contributed by atoms with van der Waals surface area (Å²) in [4.78, 5) is 0. The fourth-order valence-corrected chi connectivity index (χ4v) is 4.61. The highest BCUT2D eigenvalue weighted by atomic mass is 127. The van der Waals surface area contributed by atoms with Crippen molar-refractivity contribution in [2.45, 2.75) is 0 Å². The van der Waals surface area contributed by atoms with Crippen LogP contribution in [0.3, 0.4) is 0 Å². The van der Waals surface area contributed by atoms with Gasteiger partial charge in [0.1, 0.15) is 5.75 Å². The summed E-state index contributed by atoms with van der Waals surface area (Å²) in [5.41, 5.74) is 1.21. The van der Waals surface area contributed by atoms with Crippen LogP contribution in [0.1, 0.15) is 5.56 Å². The average molecular weight is 617 g/mol. The van der Waals surface area contributed by atoms with Gasteiger partial charge in [0.2, 0.25) is 4.77 Å². The molecular formula is C15H8Cl2I2N4OS. The Kier molecular flexibility index (Phi) is 6.03. The molecule has 1 heterocycles. The molecule has 25 heavy (non-hydrogen) atoms. The maximum Gasteiger partial charge on any atom is 0.216 e. The van der Waals surface area contributed by atoms with E-state index in [9.17, 15) is 5.11 Å². The van der Waals surface area contributed by atoms with Gasteiger partial charge < -0.3 is 5.11 Å². The van der Waals surface area contributed by atoms with Crippen LogP contribution in [0.5, 0.6) is 5.75 Å². The molecule has 0 radical (unpaired) electrons. The lowest BCUT2D eigenvalue weighted by molar-refractivity contribution is 0.470. The molecule has 5 nitrogen and oxygen atoms in total. The van der Waals surface area contributed by atoms with E-state index in [2.05, 4.69) is 60.5 Å². The number of aromatic nitrogens is 3. The van der Waals surface area contributed by atoms with Crippen LogP contribution in [0.4, 0.5) is 0 Å². The number of hydrogen-bond donors (Lipinski definition) is 2. The van der Waals surface area contributed by atoms with Gasteiger partial charge in [0, 0.05) is 19.7 Å². The molecule has 0 aliphatic carbocycles. The fraction of sp³-hybridized carbons (Fsp3) is 0. The summed E-state index contributed by atoms with van der Waals surface area (Å²) in [7, 11) is 0. The molecule has 2 N–H and O–H groups in total. The number of nitrogens with zero attached hydrogens (tertiary/aromatic N) is 3. The molecule has 3 rings (SSSR count). The number of phenolic OH excluding ortho intramolecular Hbond substituents is 1. The second kappa shape index (κ2) is 7.91. The Bertz CT molecular complexity index is 1050. The Balaban J connectivity index is 2.08. The molecular weight excluding hydrogens is 609 g/mol. The molecule has 0 atom stereocenters. The highest BCUT2D eigenvalue weighted by molar-refractivity contribution is 14.1. The maximum absolute atomic E-state index is 10.2. The standard InChI is InChI=1S/C15H8Cl2I2N4OS/c16-8-1-2-10(11(17)4-8)14-21-22-15(25)23(14)20-6-7-3-9(18)5-12(19)13(7)24/h1-6,24H,(H,22,25). The third kappa shape index (κ3) is 4.18. The van der Waals surface area contributed by atoms with E-state index in [0.29, 0.717) is 31.8 Å². The van der Waals surface area contributed by atoms with Crippen molar-refractivity contribution in [1.82, 2.24) is 14.9 Å². The predicted octanol–water partition coefficient (Wildman–Crippen LogP) is 5.71. The average Bonchev–Trinajstić information content (AvgIpc) is 2.90. The molecule has 0 saturated carbocycles. The highest BCUT2D eigenvalue weighted by Crippen LogP contribution is 2.29. The molecule has 0 aliphatic rings. The Morgan fingerprint density at radius 2 is 2.00 bits per heavy atom. The van der Waals surface area contributed by atoms with E-state index < -0.39 is 0 Å². The number of benzene rings is 2. The molecule has 10 heteroatoms. The Labute approximate surface area is 185 Å². The molecule has 3 aromatic rings. The number of nitrogens with one attached hydrogen (secondary N) is 1. The third-order valence-electron chi connectivity index (χ3n) is 3.19. The molecule has 128 valence electrons. The first-order chi connectivity index (χ1) is 11.9. The zero-order chi connectivity index (χ0) is 18.1. The first-order valence-corrected chi connectivity index (χ1v) is 10.0. The normalized spacial score (nSPS) is 11.4. The van der Waals surface area contributed by atoms with E-state index in [1.807, 2.05) is 12.1 Å². The zero-order valence-electron chi connectivity index (χ0n) is 12.2. The summed E-state index contributed by atoms with van der Waals surface area (Å²) >= 11 is 21.7. The van der Waals surface area contributed by atoms with Crippen molar-refractivity contribution in [1.29, 1.82) is 0 Å². The summed E-state index contributed by atoms with van der Waals surface area (Å²) in [6, 6.07) is 8.77. The lowest BCUT2D eigenvalue weighted by Crippen LogP contribution is -1.96. The SMILES string of the molecule is Oc1c(I)cc(I)cc1C=Nn1c(-c2ccc(Cl)cc2Cl)n[nH]c1=S. The third-order valence-corrected chi connectivity index (χ3v) is 5.45. The van der Waals surface area contributed by atoms with Crippen molar-refractivity contribution in [2.24, 2.45) is 5.10 Å². The van der Waals surface area contributed by atoms with Crippen LogP contribution in [-0.2, 0) is 0 Å². The zero-order valence-corrected chi connectivity index (χ0v) is 18.8. The van der Waals surface area contributed by atoms with Crippen molar-refractivity contribution < 1.29 is 5.11 Å². The first kappa shape index (κ1) is 19.1. The molecule has 0 aliphatic heterocycles.